The fourth-order valence-corrected chi connectivity index (χ4v) is 5.90. The molecule has 2 heterocycles. The Labute approximate surface area is 214 Å². The van der Waals surface area contributed by atoms with Crippen molar-refractivity contribution >= 4 is 40.3 Å². The fourth-order valence-electron chi connectivity index (χ4n) is 4.51. The van der Waals surface area contributed by atoms with Crippen molar-refractivity contribution in [2.24, 2.45) is 0 Å². The van der Waals surface area contributed by atoms with Gasteiger partial charge in [0.05, 0.1) is 17.2 Å². The molecular formula is C27H26FN3O2S2. The van der Waals surface area contributed by atoms with Gasteiger partial charge in [-0.1, -0.05) is 61.9 Å². The van der Waals surface area contributed by atoms with Crippen LogP contribution in [0.3, 0.4) is 0 Å². The summed E-state index contributed by atoms with van der Waals surface area (Å²) < 4.78 is 22.7. The van der Waals surface area contributed by atoms with Gasteiger partial charge in [0.2, 0.25) is 0 Å². The van der Waals surface area contributed by atoms with Crippen molar-refractivity contribution < 1.29 is 13.9 Å². The monoisotopic (exact) mass is 507 g/mol. The highest BCUT2D eigenvalue weighted by Gasteiger charge is 2.38. The number of benzene rings is 2. The van der Waals surface area contributed by atoms with Crippen molar-refractivity contribution in [1.82, 2.24) is 14.7 Å². The zero-order valence-corrected chi connectivity index (χ0v) is 21.1. The summed E-state index contributed by atoms with van der Waals surface area (Å²) in [6.07, 6.45) is 8.72. The van der Waals surface area contributed by atoms with Gasteiger partial charge in [-0.25, -0.2) is 9.07 Å². The zero-order chi connectivity index (χ0) is 24.4. The average Bonchev–Trinajstić information content (AvgIpc) is 3.59. The van der Waals surface area contributed by atoms with Gasteiger partial charge in [0.15, 0.2) is 11.6 Å². The number of thiocarbonyl (C=S) groups is 1. The predicted octanol–water partition coefficient (Wildman–Crippen LogP) is 6.61. The van der Waals surface area contributed by atoms with Crippen LogP contribution in [0.25, 0.3) is 23.0 Å². The van der Waals surface area contributed by atoms with E-state index in [9.17, 15) is 9.18 Å². The van der Waals surface area contributed by atoms with Crippen molar-refractivity contribution in [3.63, 3.8) is 0 Å². The number of ether oxygens (including phenoxy) is 1. The fraction of sp³-hybridized carbons (Fsp3) is 0.296. The summed E-state index contributed by atoms with van der Waals surface area (Å²) in [5, 5.41) is 4.76. The Morgan fingerprint density at radius 3 is 2.69 bits per heavy atom. The predicted molar refractivity (Wildman–Crippen MR) is 142 cm³/mol. The summed E-state index contributed by atoms with van der Waals surface area (Å²) in [6, 6.07) is 14.7. The lowest BCUT2D eigenvalue weighted by molar-refractivity contribution is -0.123. The Morgan fingerprint density at radius 2 is 1.97 bits per heavy atom. The number of amides is 1. The highest BCUT2D eigenvalue weighted by Crippen LogP contribution is 2.39. The highest BCUT2D eigenvalue weighted by atomic mass is 32.2. The minimum atomic E-state index is -0.441. The van der Waals surface area contributed by atoms with Crippen LogP contribution < -0.4 is 4.74 Å². The van der Waals surface area contributed by atoms with E-state index >= 15 is 0 Å². The van der Waals surface area contributed by atoms with Crippen LogP contribution >= 0.6 is 24.0 Å². The molecule has 1 saturated carbocycles. The minimum absolute atomic E-state index is 0.0557. The first kappa shape index (κ1) is 23.8. The summed E-state index contributed by atoms with van der Waals surface area (Å²) in [4.78, 5) is 15.6. The Balaban J connectivity index is 1.54. The largest absolute Gasteiger partial charge is 0.491 e. The average molecular weight is 508 g/mol. The van der Waals surface area contributed by atoms with Gasteiger partial charge in [0, 0.05) is 23.4 Å². The number of para-hydroxylation sites is 1. The van der Waals surface area contributed by atoms with Crippen molar-refractivity contribution in [2.75, 3.05) is 6.61 Å². The van der Waals surface area contributed by atoms with E-state index in [0.717, 1.165) is 43.4 Å². The first-order chi connectivity index (χ1) is 17.0. The second-order valence-electron chi connectivity index (χ2n) is 8.70. The van der Waals surface area contributed by atoms with E-state index < -0.39 is 5.82 Å². The number of hydrogen-bond donors (Lipinski definition) is 0. The molecule has 5 rings (SSSR count). The van der Waals surface area contributed by atoms with Crippen LogP contribution in [-0.4, -0.2) is 37.6 Å². The van der Waals surface area contributed by atoms with E-state index in [-0.39, 0.29) is 17.7 Å². The Kier molecular flexibility index (Phi) is 7.02. The van der Waals surface area contributed by atoms with Gasteiger partial charge in [-0.3, -0.25) is 9.69 Å². The van der Waals surface area contributed by atoms with E-state index in [1.165, 1.54) is 17.8 Å². The Bertz CT molecular complexity index is 1280. The van der Waals surface area contributed by atoms with Gasteiger partial charge in [0.25, 0.3) is 5.91 Å². The number of nitrogens with zero attached hydrogens (tertiary/aromatic N) is 3. The third kappa shape index (κ3) is 4.90. The quantitative estimate of drug-likeness (QED) is 0.266. The van der Waals surface area contributed by atoms with Gasteiger partial charge >= 0.3 is 0 Å². The summed E-state index contributed by atoms with van der Waals surface area (Å²) in [6.45, 7) is 2.43. The summed E-state index contributed by atoms with van der Waals surface area (Å²) in [5.74, 6) is -0.277. The first-order valence-corrected chi connectivity index (χ1v) is 13.1. The molecule has 2 aromatic carbocycles. The standard InChI is InChI=1S/C27H26FN3O2S2/c1-2-14-33-23-13-12-18(15-22(23)28)25-19(17-30(29-25)20-8-4-3-5-9-20)16-24-26(32)31(27(34)35-24)21-10-6-7-11-21/h3-5,8-9,12-13,15-17,21H,2,6-7,10-11,14H2,1H3/b24-16-. The second-order valence-corrected chi connectivity index (χ2v) is 10.4. The SMILES string of the molecule is CCCOc1ccc(-c2nn(-c3ccccc3)cc2/C=C2\SC(=S)N(C3CCCC3)C2=O)cc1F. The third-order valence-electron chi connectivity index (χ3n) is 6.23. The molecule has 5 nitrogen and oxygen atoms in total. The molecule has 0 N–H and O–H groups in total. The van der Waals surface area contributed by atoms with Crippen LogP contribution in [0.5, 0.6) is 5.75 Å². The number of thioether (sulfide) groups is 1. The molecule has 1 amide bonds. The summed E-state index contributed by atoms with van der Waals surface area (Å²) in [7, 11) is 0. The van der Waals surface area contributed by atoms with E-state index in [1.54, 1.807) is 21.7 Å². The topological polar surface area (TPSA) is 47.4 Å². The smallest absolute Gasteiger partial charge is 0.266 e. The van der Waals surface area contributed by atoms with Crippen molar-refractivity contribution in [1.29, 1.82) is 0 Å². The molecule has 1 saturated heterocycles. The van der Waals surface area contributed by atoms with E-state index in [0.29, 0.717) is 27.1 Å². The van der Waals surface area contributed by atoms with Gasteiger partial charge in [0.1, 0.15) is 10.0 Å². The number of carbonyl (C=O) groups is 1. The third-order valence-corrected chi connectivity index (χ3v) is 7.56. The van der Waals surface area contributed by atoms with Crippen molar-refractivity contribution in [3.8, 4) is 22.7 Å². The Hall–Kier alpha value is -2.97. The minimum Gasteiger partial charge on any atom is -0.491 e. The molecule has 0 spiro atoms. The van der Waals surface area contributed by atoms with Crippen molar-refractivity contribution in [2.45, 2.75) is 45.1 Å². The van der Waals surface area contributed by atoms with Crippen LogP contribution in [0.4, 0.5) is 4.39 Å². The highest BCUT2D eigenvalue weighted by molar-refractivity contribution is 8.26. The molecular weight excluding hydrogens is 481 g/mol. The number of carbonyl (C=O) groups excluding carboxylic acids is 1. The maximum atomic E-state index is 14.8. The first-order valence-electron chi connectivity index (χ1n) is 11.9. The number of aromatic nitrogens is 2. The summed E-state index contributed by atoms with van der Waals surface area (Å²) in [5.41, 5.74) is 2.79. The molecule has 0 atom stereocenters. The lowest BCUT2D eigenvalue weighted by Crippen LogP contribution is -2.36. The van der Waals surface area contributed by atoms with Crippen molar-refractivity contribution in [3.05, 3.63) is 71.0 Å². The van der Waals surface area contributed by atoms with Crippen LogP contribution in [0, 0.1) is 5.82 Å². The van der Waals surface area contributed by atoms with Gasteiger partial charge in [-0.15, -0.1) is 0 Å². The molecule has 180 valence electrons. The van der Waals surface area contributed by atoms with Gasteiger partial charge in [-0.2, -0.15) is 5.10 Å². The van der Waals surface area contributed by atoms with E-state index in [1.807, 2.05) is 49.5 Å². The molecule has 1 aliphatic carbocycles. The Morgan fingerprint density at radius 1 is 1.20 bits per heavy atom. The second kappa shape index (κ2) is 10.3. The molecule has 0 bridgehead atoms. The summed E-state index contributed by atoms with van der Waals surface area (Å²) >= 11 is 6.89. The van der Waals surface area contributed by atoms with E-state index in [2.05, 4.69) is 0 Å². The molecule has 35 heavy (non-hydrogen) atoms. The number of hydrogen-bond acceptors (Lipinski definition) is 5. The van der Waals surface area contributed by atoms with Crippen LogP contribution in [0.15, 0.2) is 59.6 Å². The molecule has 0 unspecified atom stereocenters. The molecule has 1 aromatic heterocycles. The van der Waals surface area contributed by atoms with Crippen LogP contribution in [0.1, 0.15) is 44.6 Å². The van der Waals surface area contributed by atoms with Crippen LogP contribution in [0.2, 0.25) is 0 Å². The number of rotatable bonds is 7. The lowest BCUT2D eigenvalue weighted by atomic mass is 10.1. The molecule has 0 radical (unpaired) electrons. The van der Waals surface area contributed by atoms with Crippen LogP contribution in [-0.2, 0) is 4.79 Å². The van der Waals surface area contributed by atoms with E-state index in [4.69, 9.17) is 22.1 Å². The molecule has 2 aliphatic rings. The molecule has 2 fully saturated rings. The van der Waals surface area contributed by atoms with Gasteiger partial charge in [-0.05, 0) is 55.7 Å². The lowest BCUT2D eigenvalue weighted by Gasteiger charge is -2.21. The maximum absolute atomic E-state index is 14.8. The number of halogens is 1. The zero-order valence-electron chi connectivity index (χ0n) is 19.4. The normalized spacial score (nSPS) is 17.7. The van der Waals surface area contributed by atoms with Gasteiger partial charge < -0.3 is 4.74 Å². The molecule has 1 aliphatic heterocycles. The maximum Gasteiger partial charge on any atom is 0.266 e. The molecule has 3 aromatic rings. The molecule has 8 heteroatoms.